The van der Waals surface area contributed by atoms with Gasteiger partial charge < -0.3 is 0 Å². The van der Waals surface area contributed by atoms with E-state index in [1.807, 2.05) is 18.2 Å². The molecule has 1 heterocycles. The molecular formula is C11H13F3N2S. The van der Waals surface area contributed by atoms with Crippen LogP contribution < -0.4 is 5.14 Å². The molecule has 0 atom stereocenters. The number of benzene rings is 1. The van der Waals surface area contributed by atoms with Gasteiger partial charge in [0.25, 0.3) is 0 Å². The number of hydrogen-bond donors (Lipinski definition) is 1. The van der Waals surface area contributed by atoms with Gasteiger partial charge in [0.15, 0.2) is 0 Å². The summed E-state index contributed by atoms with van der Waals surface area (Å²) in [5.74, 6) is 0. The van der Waals surface area contributed by atoms with Gasteiger partial charge >= 0.3 is 6.18 Å². The van der Waals surface area contributed by atoms with Crippen LogP contribution in [0.25, 0.3) is 0 Å². The SMILES string of the molecule is NSc1ccc2c(c1)CCN(CC(F)(F)F)C2. The van der Waals surface area contributed by atoms with Crippen LogP contribution in [0, 0.1) is 0 Å². The van der Waals surface area contributed by atoms with Crippen molar-refractivity contribution >= 4 is 11.9 Å². The fourth-order valence-electron chi connectivity index (χ4n) is 2.05. The third kappa shape index (κ3) is 3.37. The average Bonchev–Trinajstić information content (AvgIpc) is 2.26. The minimum atomic E-state index is -4.12. The second-order valence-corrected chi connectivity index (χ2v) is 4.83. The lowest BCUT2D eigenvalue weighted by Gasteiger charge is -2.29. The average molecular weight is 262 g/mol. The van der Waals surface area contributed by atoms with Crippen molar-refractivity contribution in [1.29, 1.82) is 0 Å². The molecule has 0 unspecified atom stereocenters. The molecule has 0 saturated carbocycles. The number of hydrogen-bond acceptors (Lipinski definition) is 3. The Hall–Kier alpha value is -0.720. The van der Waals surface area contributed by atoms with Gasteiger partial charge in [-0.25, -0.2) is 0 Å². The number of alkyl halides is 3. The molecule has 0 bridgehead atoms. The summed E-state index contributed by atoms with van der Waals surface area (Å²) >= 11 is 1.16. The minimum absolute atomic E-state index is 0.365. The molecule has 0 aromatic heterocycles. The first-order chi connectivity index (χ1) is 7.98. The Morgan fingerprint density at radius 2 is 2.06 bits per heavy atom. The van der Waals surface area contributed by atoms with Crippen LogP contribution in [0.3, 0.4) is 0 Å². The molecule has 0 aliphatic carbocycles. The van der Waals surface area contributed by atoms with Crippen molar-refractivity contribution in [2.45, 2.75) is 24.0 Å². The first-order valence-corrected chi connectivity index (χ1v) is 6.13. The highest BCUT2D eigenvalue weighted by molar-refractivity contribution is 7.97. The molecule has 0 amide bonds. The van der Waals surface area contributed by atoms with Crippen LogP contribution >= 0.6 is 11.9 Å². The van der Waals surface area contributed by atoms with E-state index in [1.165, 1.54) is 4.90 Å². The standard InChI is InChI=1S/C11H13F3N2S/c12-11(13,14)7-16-4-3-8-5-10(17-15)2-1-9(8)6-16/h1-2,5H,3-4,6-7,15H2. The van der Waals surface area contributed by atoms with Crippen LogP contribution in [0.5, 0.6) is 0 Å². The molecule has 1 aromatic rings. The van der Waals surface area contributed by atoms with Gasteiger partial charge in [-0.1, -0.05) is 6.07 Å². The van der Waals surface area contributed by atoms with E-state index in [-0.39, 0.29) is 0 Å². The van der Waals surface area contributed by atoms with Crippen molar-refractivity contribution in [3.05, 3.63) is 29.3 Å². The van der Waals surface area contributed by atoms with E-state index in [9.17, 15) is 13.2 Å². The maximum Gasteiger partial charge on any atom is 0.401 e. The summed E-state index contributed by atoms with van der Waals surface area (Å²) in [6.45, 7) is -0.0185. The zero-order valence-corrected chi connectivity index (χ0v) is 9.94. The van der Waals surface area contributed by atoms with Gasteiger partial charge in [0.05, 0.1) is 6.54 Å². The number of fused-ring (bicyclic) bond motifs is 1. The highest BCUT2D eigenvalue weighted by Gasteiger charge is 2.32. The van der Waals surface area contributed by atoms with Crippen LogP contribution in [0.4, 0.5) is 13.2 Å². The van der Waals surface area contributed by atoms with Gasteiger partial charge in [-0.15, -0.1) is 0 Å². The van der Waals surface area contributed by atoms with Crippen molar-refractivity contribution in [1.82, 2.24) is 4.90 Å². The van der Waals surface area contributed by atoms with Crippen molar-refractivity contribution < 1.29 is 13.2 Å². The summed E-state index contributed by atoms with van der Waals surface area (Å²) in [5.41, 5.74) is 2.08. The van der Waals surface area contributed by atoms with Crippen molar-refractivity contribution in [2.75, 3.05) is 13.1 Å². The van der Waals surface area contributed by atoms with Crippen LogP contribution in [0.1, 0.15) is 11.1 Å². The third-order valence-corrected chi connectivity index (χ3v) is 3.33. The Morgan fingerprint density at radius 1 is 1.29 bits per heavy atom. The van der Waals surface area contributed by atoms with E-state index in [0.717, 1.165) is 28.0 Å². The number of rotatable bonds is 2. The molecule has 94 valence electrons. The molecule has 0 spiro atoms. The maximum absolute atomic E-state index is 12.3. The molecule has 2 rings (SSSR count). The van der Waals surface area contributed by atoms with Gasteiger partial charge in [0, 0.05) is 18.0 Å². The molecule has 2 nitrogen and oxygen atoms in total. The van der Waals surface area contributed by atoms with Crippen molar-refractivity contribution in [2.24, 2.45) is 5.14 Å². The van der Waals surface area contributed by atoms with E-state index < -0.39 is 12.7 Å². The predicted octanol–water partition coefficient (Wildman–Crippen LogP) is 2.57. The Kier molecular flexibility index (Phi) is 3.65. The summed E-state index contributed by atoms with van der Waals surface area (Å²) in [6, 6.07) is 5.68. The second-order valence-electron chi connectivity index (χ2n) is 4.12. The smallest absolute Gasteiger partial charge is 0.290 e. The summed E-state index contributed by atoms with van der Waals surface area (Å²) < 4.78 is 36.8. The first kappa shape index (κ1) is 12.7. The fourth-order valence-corrected chi connectivity index (χ4v) is 2.41. The Balaban J connectivity index is 2.09. The molecule has 1 aromatic carbocycles. The van der Waals surface area contributed by atoms with Gasteiger partial charge in [0.2, 0.25) is 0 Å². The van der Waals surface area contributed by atoms with Gasteiger partial charge in [-0.3, -0.25) is 10.0 Å². The molecule has 1 aliphatic rings. The van der Waals surface area contributed by atoms with Gasteiger partial charge in [-0.2, -0.15) is 13.2 Å². The number of halogens is 3. The number of nitrogens with two attached hydrogens (primary N) is 1. The lowest BCUT2D eigenvalue weighted by Crippen LogP contribution is -2.37. The zero-order chi connectivity index (χ0) is 12.5. The normalized spacial score (nSPS) is 16.9. The van der Waals surface area contributed by atoms with E-state index >= 15 is 0 Å². The lowest BCUT2D eigenvalue weighted by molar-refractivity contribution is -0.147. The van der Waals surface area contributed by atoms with Crippen LogP contribution in [0.15, 0.2) is 23.1 Å². The first-order valence-electron chi connectivity index (χ1n) is 5.25. The van der Waals surface area contributed by atoms with E-state index in [0.29, 0.717) is 19.5 Å². The molecule has 1 aliphatic heterocycles. The highest BCUT2D eigenvalue weighted by atomic mass is 32.2. The second kappa shape index (κ2) is 4.88. The molecule has 17 heavy (non-hydrogen) atoms. The van der Waals surface area contributed by atoms with E-state index in [2.05, 4.69) is 0 Å². The van der Waals surface area contributed by atoms with E-state index in [1.54, 1.807) is 0 Å². The number of nitrogens with zero attached hydrogens (tertiary/aromatic N) is 1. The van der Waals surface area contributed by atoms with Crippen molar-refractivity contribution in [3.63, 3.8) is 0 Å². The molecule has 2 N–H and O–H groups in total. The molecule has 6 heteroatoms. The molecule has 0 saturated heterocycles. The summed E-state index contributed by atoms with van der Waals surface area (Å²) in [6.07, 6.45) is -3.47. The highest BCUT2D eigenvalue weighted by Crippen LogP contribution is 2.25. The topological polar surface area (TPSA) is 29.3 Å². The fraction of sp³-hybridized carbons (Fsp3) is 0.455. The molecular weight excluding hydrogens is 249 g/mol. The largest absolute Gasteiger partial charge is 0.401 e. The Labute approximate surface area is 102 Å². The Bertz CT molecular complexity index is 406. The minimum Gasteiger partial charge on any atom is -0.290 e. The lowest BCUT2D eigenvalue weighted by atomic mass is 10.00. The van der Waals surface area contributed by atoms with Crippen LogP contribution in [-0.2, 0) is 13.0 Å². The third-order valence-electron chi connectivity index (χ3n) is 2.81. The molecule has 0 radical (unpaired) electrons. The maximum atomic E-state index is 12.3. The summed E-state index contributed by atoms with van der Waals surface area (Å²) in [5, 5.41) is 5.45. The van der Waals surface area contributed by atoms with Gasteiger partial charge in [0.1, 0.15) is 0 Å². The van der Waals surface area contributed by atoms with Crippen LogP contribution in [0.2, 0.25) is 0 Å². The monoisotopic (exact) mass is 262 g/mol. The Morgan fingerprint density at radius 3 is 2.71 bits per heavy atom. The quantitative estimate of drug-likeness (QED) is 0.831. The van der Waals surface area contributed by atoms with Gasteiger partial charge in [-0.05, 0) is 41.6 Å². The van der Waals surface area contributed by atoms with Crippen molar-refractivity contribution in [3.8, 4) is 0 Å². The summed E-state index contributed by atoms with van der Waals surface area (Å²) in [4.78, 5) is 2.38. The zero-order valence-electron chi connectivity index (χ0n) is 9.13. The summed E-state index contributed by atoms with van der Waals surface area (Å²) in [7, 11) is 0. The predicted molar refractivity (Wildman–Crippen MR) is 61.5 cm³/mol. The van der Waals surface area contributed by atoms with Crippen LogP contribution in [-0.4, -0.2) is 24.2 Å². The molecule has 0 fully saturated rings. The van der Waals surface area contributed by atoms with E-state index in [4.69, 9.17) is 5.14 Å².